The minimum Gasteiger partial charge on any atom is -0.493 e. The van der Waals surface area contributed by atoms with Crippen molar-refractivity contribution in [2.75, 3.05) is 26.1 Å². The molecule has 2 rings (SSSR count). The number of pyridine rings is 1. The zero-order chi connectivity index (χ0) is 17.4. The molecule has 0 radical (unpaired) electrons. The van der Waals surface area contributed by atoms with E-state index in [1.807, 2.05) is 12.1 Å². The van der Waals surface area contributed by atoms with Crippen LogP contribution in [0.15, 0.2) is 42.7 Å². The Labute approximate surface area is 165 Å². The molecule has 144 valence electrons. The molecule has 1 unspecified atom stereocenters. The third kappa shape index (κ3) is 7.05. The monoisotopic (exact) mass is 403 g/mol. The fraction of sp³-hybridized carbons (Fsp3) is 0.294. The van der Waals surface area contributed by atoms with Crippen LogP contribution < -0.4 is 20.5 Å². The number of nitrogens with one attached hydrogen (secondary N) is 1. The number of ether oxygens (including phenoxy) is 3. The number of hydrogen-bond donors (Lipinski definition) is 2. The van der Waals surface area contributed by atoms with Crippen LogP contribution >= 0.6 is 24.8 Å². The summed E-state index contributed by atoms with van der Waals surface area (Å²) in [5.41, 5.74) is 7.25. The van der Waals surface area contributed by atoms with E-state index in [1.165, 1.54) is 7.11 Å². The number of carbonyl (C=O) groups is 1. The van der Waals surface area contributed by atoms with E-state index < -0.39 is 6.04 Å². The van der Waals surface area contributed by atoms with Gasteiger partial charge in [-0.2, -0.15) is 0 Å². The zero-order valence-corrected chi connectivity index (χ0v) is 16.1. The van der Waals surface area contributed by atoms with Crippen molar-refractivity contribution in [1.82, 2.24) is 4.98 Å². The molecule has 1 amide bonds. The summed E-state index contributed by atoms with van der Waals surface area (Å²) in [7, 11) is 3.05. The van der Waals surface area contributed by atoms with Crippen LogP contribution in [-0.2, 0) is 16.1 Å². The van der Waals surface area contributed by atoms with Crippen molar-refractivity contribution in [2.45, 2.75) is 12.6 Å². The van der Waals surface area contributed by atoms with E-state index in [2.05, 4.69) is 10.3 Å². The first-order chi connectivity index (χ1) is 11.6. The number of benzene rings is 1. The van der Waals surface area contributed by atoms with Crippen molar-refractivity contribution in [1.29, 1.82) is 0 Å². The SMILES string of the molecule is COCC(N)C(=O)Nc1ccc(OC)c(OCc2ccncc2)c1.Cl.Cl. The molecular formula is C17H23Cl2N3O4. The molecule has 9 heteroatoms. The van der Waals surface area contributed by atoms with E-state index in [0.717, 1.165) is 5.56 Å². The van der Waals surface area contributed by atoms with Crippen LogP contribution in [0.5, 0.6) is 11.5 Å². The summed E-state index contributed by atoms with van der Waals surface area (Å²) in [6.45, 7) is 0.507. The molecule has 3 N–H and O–H groups in total. The summed E-state index contributed by atoms with van der Waals surface area (Å²) in [6, 6.07) is 8.12. The Bertz CT molecular complexity index is 674. The predicted molar refractivity (Wildman–Crippen MR) is 105 cm³/mol. The fourth-order valence-corrected chi connectivity index (χ4v) is 2.00. The van der Waals surface area contributed by atoms with E-state index in [-0.39, 0.29) is 37.3 Å². The van der Waals surface area contributed by atoms with Gasteiger partial charge in [-0.25, -0.2) is 0 Å². The van der Waals surface area contributed by atoms with Crippen LogP contribution in [0.2, 0.25) is 0 Å². The van der Waals surface area contributed by atoms with Gasteiger partial charge in [0, 0.05) is 31.3 Å². The number of nitrogens with zero attached hydrogens (tertiary/aromatic N) is 1. The van der Waals surface area contributed by atoms with E-state index in [1.54, 1.807) is 37.7 Å². The van der Waals surface area contributed by atoms with E-state index >= 15 is 0 Å². The molecule has 0 saturated carbocycles. The quantitative estimate of drug-likeness (QED) is 0.702. The van der Waals surface area contributed by atoms with Crippen molar-refractivity contribution in [3.8, 4) is 11.5 Å². The molecule has 0 aliphatic rings. The first-order valence-electron chi connectivity index (χ1n) is 7.39. The molecule has 1 heterocycles. The van der Waals surface area contributed by atoms with Crippen LogP contribution in [0.4, 0.5) is 5.69 Å². The summed E-state index contributed by atoms with van der Waals surface area (Å²) in [4.78, 5) is 15.9. The molecule has 2 aromatic rings. The highest BCUT2D eigenvalue weighted by Crippen LogP contribution is 2.31. The topological polar surface area (TPSA) is 95.7 Å². The highest BCUT2D eigenvalue weighted by molar-refractivity contribution is 5.95. The molecule has 0 aliphatic heterocycles. The number of anilines is 1. The number of methoxy groups -OCH3 is 2. The molecule has 0 bridgehead atoms. The molecule has 0 fully saturated rings. The van der Waals surface area contributed by atoms with E-state index in [0.29, 0.717) is 23.8 Å². The minimum atomic E-state index is -0.738. The number of amides is 1. The van der Waals surface area contributed by atoms with Gasteiger partial charge in [-0.15, -0.1) is 24.8 Å². The van der Waals surface area contributed by atoms with Crippen LogP contribution in [0.3, 0.4) is 0 Å². The Balaban J connectivity index is 0.00000312. The van der Waals surface area contributed by atoms with Gasteiger partial charge in [0.05, 0.1) is 13.7 Å². The lowest BCUT2D eigenvalue weighted by atomic mass is 10.2. The second-order valence-electron chi connectivity index (χ2n) is 5.06. The first-order valence-corrected chi connectivity index (χ1v) is 7.39. The Morgan fingerprint density at radius 3 is 2.46 bits per heavy atom. The smallest absolute Gasteiger partial charge is 0.243 e. The average Bonchev–Trinajstić information content (AvgIpc) is 2.61. The van der Waals surface area contributed by atoms with E-state index in [4.69, 9.17) is 19.9 Å². The Kier molecular flexibility index (Phi) is 11.3. The van der Waals surface area contributed by atoms with E-state index in [9.17, 15) is 4.79 Å². The highest BCUT2D eigenvalue weighted by Gasteiger charge is 2.14. The normalized spacial score (nSPS) is 10.7. The van der Waals surface area contributed by atoms with Crippen LogP contribution in [0.1, 0.15) is 5.56 Å². The Morgan fingerprint density at radius 2 is 1.85 bits per heavy atom. The zero-order valence-electron chi connectivity index (χ0n) is 14.5. The maximum absolute atomic E-state index is 12.0. The highest BCUT2D eigenvalue weighted by atomic mass is 35.5. The van der Waals surface area contributed by atoms with Gasteiger partial charge < -0.3 is 25.3 Å². The number of halogens is 2. The van der Waals surface area contributed by atoms with Crippen molar-refractivity contribution < 1.29 is 19.0 Å². The maximum Gasteiger partial charge on any atom is 0.243 e. The van der Waals surface area contributed by atoms with Crippen LogP contribution in [-0.4, -0.2) is 37.8 Å². The lowest BCUT2D eigenvalue weighted by molar-refractivity contribution is -0.118. The molecule has 1 atom stereocenters. The third-order valence-corrected chi connectivity index (χ3v) is 3.26. The van der Waals surface area contributed by atoms with Gasteiger partial charge in [0.15, 0.2) is 11.5 Å². The Morgan fingerprint density at radius 1 is 1.15 bits per heavy atom. The second kappa shape index (κ2) is 12.3. The Hall–Kier alpha value is -2.06. The largest absolute Gasteiger partial charge is 0.493 e. The van der Waals surface area contributed by atoms with Gasteiger partial charge >= 0.3 is 0 Å². The molecular weight excluding hydrogens is 381 g/mol. The second-order valence-corrected chi connectivity index (χ2v) is 5.06. The molecule has 26 heavy (non-hydrogen) atoms. The minimum absolute atomic E-state index is 0. The average molecular weight is 404 g/mol. The molecule has 0 aliphatic carbocycles. The number of hydrogen-bond acceptors (Lipinski definition) is 6. The van der Waals surface area contributed by atoms with Gasteiger partial charge in [0.25, 0.3) is 0 Å². The van der Waals surface area contributed by atoms with Crippen LogP contribution in [0.25, 0.3) is 0 Å². The van der Waals surface area contributed by atoms with Gasteiger partial charge in [-0.3, -0.25) is 9.78 Å². The van der Waals surface area contributed by atoms with Gasteiger partial charge in [0.2, 0.25) is 5.91 Å². The van der Waals surface area contributed by atoms with Crippen molar-refractivity contribution in [2.24, 2.45) is 5.73 Å². The number of carbonyl (C=O) groups excluding carboxylic acids is 1. The number of rotatable bonds is 8. The number of nitrogens with two attached hydrogens (primary N) is 1. The van der Waals surface area contributed by atoms with Crippen molar-refractivity contribution >= 4 is 36.4 Å². The first kappa shape index (κ1) is 23.9. The van der Waals surface area contributed by atoms with Crippen LogP contribution in [0, 0.1) is 0 Å². The molecule has 0 spiro atoms. The lowest BCUT2D eigenvalue weighted by Gasteiger charge is -2.14. The van der Waals surface area contributed by atoms with Gasteiger partial charge in [-0.1, -0.05) is 0 Å². The third-order valence-electron chi connectivity index (χ3n) is 3.26. The maximum atomic E-state index is 12.0. The molecule has 1 aromatic heterocycles. The lowest BCUT2D eigenvalue weighted by Crippen LogP contribution is -2.39. The molecule has 0 saturated heterocycles. The number of aromatic nitrogens is 1. The fourth-order valence-electron chi connectivity index (χ4n) is 2.00. The molecule has 1 aromatic carbocycles. The molecule has 7 nitrogen and oxygen atoms in total. The van der Waals surface area contributed by atoms with Crippen molar-refractivity contribution in [3.63, 3.8) is 0 Å². The van der Waals surface area contributed by atoms with Gasteiger partial charge in [-0.05, 0) is 29.8 Å². The standard InChI is InChI=1S/C17H21N3O4.2ClH/c1-22-11-14(18)17(21)20-13-3-4-15(23-2)16(9-13)24-10-12-5-7-19-8-6-12;;/h3-9,14H,10-11,18H2,1-2H3,(H,20,21);2*1H. The predicted octanol–water partition coefficient (Wildman–Crippen LogP) is 2.43. The summed E-state index contributed by atoms with van der Waals surface area (Å²) in [6.07, 6.45) is 3.40. The summed E-state index contributed by atoms with van der Waals surface area (Å²) in [5, 5.41) is 2.73. The summed E-state index contributed by atoms with van der Waals surface area (Å²) >= 11 is 0. The van der Waals surface area contributed by atoms with Crippen molar-refractivity contribution in [3.05, 3.63) is 48.3 Å². The van der Waals surface area contributed by atoms with Gasteiger partial charge in [0.1, 0.15) is 12.6 Å². The summed E-state index contributed by atoms with van der Waals surface area (Å²) < 4.78 is 15.9. The summed E-state index contributed by atoms with van der Waals surface area (Å²) in [5.74, 6) is 0.762.